The highest BCUT2D eigenvalue weighted by atomic mass is 32.2. The zero-order chi connectivity index (χ0) is 11.6. The number of nitriles is 1. The smallest absolute Gasteiger partial charge is 0.147 e. The molecule has 0 N–H and O–H groups in total. The van der Waals surface area contributed by atoms with Crippen molar-refractivity contribution in [2.24, 2.45) is 0 Å². The van der Waals surface area contributed by atoms with Gasteiger partial charge in [0.1, 0.15) is 9.84 Å². The second-order valence-electron chi connectivity index (χ2n) is 4.01. The summed E-state index contributed by atoms with van der Waals surface area (Å²) in [5.41, 5.74) is 0. The van der Waals surface area contributed by atoms with Gasteiger partial charge in [0.05, 0.1) is 6.07 Å². The molecule has 88 valence electrons. The van der Waals surface area contributed by atoms with Crippen LogP contribution in [0.3, 0.4) is 0 Å². The Labute approximate surface area is 93.4 Å². The third kappa shape index (κ3) is 13.4. The largest absolute Gasteiger partial charge is 0.229 e. The lowest BCUT2D eigenvalue weighted by molar-refractivity contribution is 0.579. The minimum atomic E-state index is -2.76. The minimum Gasteiger partial charge on any atom is -0.229 e. The van der Waals surface area contributed by atoms with Crippen LogP contribution in [-0.4, -0.2) is 20.4 Å². The summed E-state index contributed by atoms with van der Waals surface area (Å²) in [6.07, 6.45) is 9.31. The predicted molar refractivity (Wildman–Crippen MR) is 62.3 cm³/mol. The van der Waals surface area contributed by atoms with Gasteiger partial charge in [0.15, 0.2) is 0 Å². The Balaban J connectivity index is 3.10. The standard InChI is InChI=1S/C11H21NO2S/c1-15(13,14)11-9-7-5-3-2-4-6-8-10-12/h2-9,11H2,1H3. The van der Waals surface area contributed by atoms with E-state index in [1.165, 1.54) is 12.7 Å². The molecule has 0 spiro atoms. The van der Waals surface area contributed by atoms with E-state index >= 15 is 0 Å². The first kappa shape index (κ1) is 14.4. The average molecular weight is 231 g/mol. The van der Waals surface area contributed by atoms with Crippen molar-refractivity contribution in [3.63, 3.8) is 0 Å². The van der Waals surface area contributed by atoms with Gasteiger partial charge in [-0.2, -0.15) is 5.26 Å². The lowest BCUT2D eigenvalue weighted by atomic mass is 10.1. The summed E-state index contributed by atoms with van der Waals surface area (Å²) in [5, 5.41) is 8.31. The summed E-state index contributed by atoms with van der Waals surface area (Å²) in [6.45, 7) is 0. The molecular formula is C11H21NO2S. The zero-order valence-corrected chi connectivity index (χ0v) is 10.4. The second kappa shape index (κ2) is 8.72. The molecule has 0 heterocycles. The fourth-order valence-corrected chi connectivity index (χ4v) is 2.18. The van der Waals surface area contributed by atoms with Crippen molar-refractivity contribution in [2.75, 3.05) is 12.0 Å². The monoisotopic (exact) mass is 231 g/mol. The molecule has 0 aromatic carbocycles. The van der Waals surface area contributed by atoms with Crippen LogP contribution in [0.4, 0.5) is 0 Å². The van der Waals surface area contributed by atoms with Gasteiger partial charge in [0.25, 0.3) is 0 Å². The number of hydrogen-bond donors (Lipinski definition) is 0. The van der Waals surface area contributed by atoms with Gasteiger partial charge in [0, 0.05) is 18.4 Å². The number of unbranched alkanes of at least 4 members (excludes halogenated alkanes) is 7. The van der Waals surface area contributed by atoms with Crippen LogP contribution in [0.25, 0.3) is 0 Å². The molecule has 0 aromatic heterocycles. The van der Waals surface area contributed by atoms with E-state index < -0.39 is 9.84 Å². The van der Waals surface area contributed by atoms with Gasteiger partial charge >= 0.3 is 0 Å². The van der Waals surface area contributed by atoms with Gasteiger partial charge in [-0.25, -0.2) is 8.42 Å². The molecule has 0 bridgehead atoms. The van der Waals surface area contributed by atoms with E-state index in [0.717, 1.165) is 38.5 Å². The molecule has 0 aromatic rings. The first-order chi connectivity index (χ1) is 7.06. The maximum atomic E-state index is 10.8. The van der Waals surface area contributed by atoms with Crippen LogP contribution in [0.2, 0.25) is 0 Å². The maximum Gasteiger partial charge on any atom is 0.147 e. The Morgan fingerprint density at radius 2 is 1.40 bits per heavy atom. The van der Waals surface area contributed by atoms with Crippen molar-refractivity contribution in [3.8, 4) is 6.07 Å². The Morgan fingerprint density at radius 1 is 0.933 bits per heavy atom. The number of sulfone groups is 1. The first-order valence-corrected chi connectivity index (χ1v) is 7.67. The van der Waals surface area contributed by atoms with Crippen molar-refractivity contribution in [2.45, 2.75) is 51.4 Å². The van der Waals surface area contributed by atoms with Gasteiger partial charge in [-0.1, -0.05) is 32.1 Å². The van der Waals surface area contributed by atoms with E-state index in [1.807, 2.05) is 0 Å². The molecule has 0 radical (unpaired) electrons. The van der Waals surface area contributed by atoms with E-state index in [2.05, 4.69) is 6.07 Å². The van der Waals surface area contributed by atoms with Crippen LogP contribution in [0.15, 0.2) is 0 Å². The minimum absolute atomic E-state index is 0.321. The van der Waals surface area contributed by atoms with E-state index in [9.17, 15) is 8.42 Å². The fraction of sp³-hybridized carbons (Fsp3) is 0.909. The number of nitrogens with zero attached hydrogens (tertiary/aromatic N) is 1. The molecule has 15 heavy (non-hydrogen) atoms. The summed E-state index contributed by atoms with van der Waals surface area (Å²) in [6, 6.07) is 2.13. The van der Waals surface area contributed by atoms with Crippen LogP contribution in [0.5, 0.6) is 0 Å². The summed E-state index contributed by atoms with van der Waals surface area (Å²) in [5.74, 6) is 0.321. The highest BCUT2D eigenvalue weighted by molar-refractivity contribution is 7.90. The zero-order valence-electron chi connectivity index (χ0n) is 9.54. The van der Waals surface area contributed by atoms with Gasteiger partial charge in [0.2, 0.25) is 0 Å². The Bertz CT molecular complexity index is 277. The summed E-state index contributed by atoms with van der Waals surface area (Å²) in [4.78, 5) is 0. The van der Waals surface area contributed by atoms with Crippen LogP contribution >= 0.6 is 0 Å². The molecule has 0 unspecified atom stereocenters. The second-order valence-corrected chi connectivity index (χ2v) is 6.27. The van der Waals surface area contributed by atoms with Crippen LogP contribution in [-0.2, 0) is 9.84 Å². The van der Waals surface area contributed by atoms with Gasteiger partial charge in [-0.15, -0.1) is 0 Å². The summed E-state index contributed by atoms with van der Waals surface area (Å²) >= 11 is 0. The molecule has 0 rings (SSSR count). The van der Waals surface area contributed by atoms with E-state index in [4.69, 9.17) is 5.26 Å². The molecule has 0 aliphatic carbocycles. The third-order valence-corrected chi connectivity index (χ3v) is 3.33. The van der Waals surface area contributed by atoms with Crippen LogP contribution < -0.4 is 0 Å². The van der Waals surface area contributed by atoms with Crippen LogP contribution in [0.1, 0.15) is 51.4 Å². The molecule has 0 atom stereocenters. The van der Waals surface area contributed by atoms with Crippen LogP contribution in [0, 0.1) is 11.3 Å². The molecule has 3 nitrogen and oxygen atoms in total. The molecule has 0 fully saturated rings. The average Bonchev–Trinajstić information content (AvgIpc) is 2.14. The maximum absolute atomic E-state index is 10.8. The van der Waals surface area contributed by atoms with E-state index in [1.54, 1.807) is 0 Å². The number of hydrogen-bond acceptors (Lipinski definition) is 3. The van der Waals surface area contributed by atoms with Crippen molar-refractivity contribution >= 4 is 9.84 Å². The highest BCUT2D eigenvalue weighted by Crippen LogP contribution is 2.08. The molecular weight excluding hydrogens is 210 g/mol. The fourth-order valence-electron chi connectivity index (χ4n) is 1.45. The topological polar surface area (TPSA) is 57.9 Å². The highest BCUT2D eigenvalue weighted by Gasteiger charge is 2.00. The SMILES string of the molecule is CS(=O)(=O)CCCCCCCCCC#N. The normalized spacial score (nSPS) is 11.2. The van der Waals surface area contributed by atoms with E-state index in [0.29, 0.717) is 12.2 Å². The van der Waals surface area contributed by atoms with E-state index in [-0.39, 0.29) is 0 Å². The molecule has 0 saturated heterocycles. The Hall–Kier alpha value is -0.560. The third-order valence-electron chi connectivity index (χ3n) is 2.30. The Morgan fingerprint density at radius 3 is 1.87 bits per heavy atom. The molecule has 0 aliphatic heterocycles. The lowest BCUT2D eigenvalue weighted by Gasteiger charge is -2.00. The predicted octanol–water partition coefficient (Wildman–Crippen LogP) is 2.68. The van der Waals surface area contributed by atoms with Crippen molar-refractivity contribution < 1.29 is 8.42 Å². The summed E-state index contributed by atoms with van der Waals surface area (Å²) in [7, 11) is -2.76. The molecule has 0 amide bonds. The van der Waals surface area contributed by atoms with Gasteiger partial charge < -0.3 is 0 Å². The number of rotatable bonds is 9. The molecule has 0 aliphatic rings. The quantitative estimate of drug-likeness (QED) is 0.573. The summed E-state index contributed by atoms with van der Waals surface area (Å²) < 4.78 is 21.6. The van der Waals surface area contributed by atoms with Gasteiger partial charge in [-0.3, -0.25) is 0 Å². The van der Waals surface area contributed by atoms with Crippen molar-refractivity contribution in [3.05, 3.63) is 0 Å². The van der Waals surface area contributed by atoms with Crippen molar-refractivity contribution in [1.82, 2.24) is 0 Å². The first-order valence-electron chi connectivity index (χ1n) is 5.61. The van der Waals surface area contributed by atoms with Crippen molar-refractivity contribution in [1.29, 1.82) is 5.26 Å². The lowest BCUT2D eigenvalue weighted by Crippen LogP contribution is -2.02. The molecule has 0 saturated carbocycles. The Kier molecular flexibility index (Phi) is 8.40. The van der Waals surface area contributed by atoms with Gasteiger partial charge in [-0.05, 0) is 12.8 Å². The molecule has 4 heteroatoms.